The van der Waals surface area contributed by atoms with Gasteiger partial charge in [0.15, 0.2) is 9.84 Å². The lowest BCUT2D eigenvalue weighted by molar-refractivity contribution is 0.0642. The molecule has 0 aliphatic carbocycles. The molecule has 1 aromatic carbocycles. The molecule has 1 heterocycles. The smallest absolute Gasteiger partial charge is 0.254 e. The molecule has 1 amide bonds. The summed E-state index contributed by atoms with van der Waals surface area (Å²) in [6.07, 6.45) is 2.84. The molecular weight excluding hydrogens is 360 g/mol. The molecule has 1 aliphatic rings. The van der Waals surface area contributed by atoms with Crippen molar-refractivity contribution in [3.63, 3.8) is 0 Å². The summed E-state index contributed by atoms with van der Waals surface area (Å²) in [7, 11) is -3.30. The SMILES string of the molecule is CCCN(C(=O)c1ccc(S(=O)(=O)C(C)C)cc1)C1CCNCC1.Cl. The van der Waals surface area contributed by atoms with Crippen molar-refractivity contribution < 1.29 is 13.2 Å². The van der Waals surface area contributed by atoms with Crippen LogP contribution in [-0.4, -0.2) is 50.2 Å². The number of halogens is 1. The van der Waals surface area contributed by atoms with Crippen LogP contribution in [0.25, 0.3) is 0 Å². The number of nitrogens with one attached hydrogen (secondary N) is 1. The molecule has 0 spiro atoms. The largest absolute Gasteiger partial charge is 0.336 e. The van der Waals surface area contributed by atoms with Crippen LogP contribution in [0.2, 0.25) is 0 Å². The normalized spacial score (nSPS) is 15.7. The molecule has 2 rings (SSSR count). The Morgan fingerprint density at radius 2 is 1.76 bits per heavy atom. The van der Waals surface area contributed by atoms with Crippen molar-refractivity contribution in [3.8, 4) is 0 Å². The Morgan fingerprint density at radius 1 is 1.20 bits per heavy atom. The second-order valence-electron chi connectivity index (χ2n) is 6.60. The molecule has 0 radical (unpaired) electrons. The van der Waals surface area contributed by atoms with Gasteiger partial charge >= 0.3 is 0 Å². The first-order chi connectivity index (χ1) is 11.4. The van der Waals surface area contributed by atoms with Crippen molar-refractivity contribution in [3.05, 3.63) is 29.8 Å². The zero-order valence-electron chi connectivity index (χ0n) is 15.2. The number of benzene rings is 1. The molecule has 0 unspecified atom stereocenters. The monoisotopic (exact) mass is 388 g/mol. The molecule has 1 fully saturated rings. The Bertz CT molecular complexity index is 653. The molecule has 5 nitrogen and oxygen atoms in total. The molecule has 7 heteroatoms. The lowest BCUT2D eigenvalue weighted by Gasteiger charge is -2.34. The maximum absolute atomic E-state index is 12.9. The molecule has 1 aliphatic heterocycles. The highest BCUT2D eigenvalue weighted by molar-refractivity contribution is 7.92. The maximum atomic E-state index is 12.9. The zero-order valence-corrected chi connectivity index (χ0v) is 16.8. The van der Waals surface area contributed by atoms with E-state index >= 15 is 0 Å². The molecule has 25 heavy (non-hydrogen) atoms. The van der Waals surface area contributed by atoms with Crippen LogP contribution in [0.3, 0.4) is 0 Å². The van der Waals surface area contributed by atoms with E-state index < -0.39 is 15.1 Å². The number of rotatable bonds is 6. The summed E-state index contributed by atoms with van der Waals surface area (Å²) in [6.45, 7) is 7.99. The van der Waals surface area contributed by atoms with E-state index in [0.29, 0.717) is 5.56 Å². The van der Waals surface area contributed by atoms with E-state index in [4.69, 9.17) is 0 Å². The predicted octanol–water partition coefficient (Wildman–Crippen LogP) is 2.89. The van der Waals surface area contributed by atoms with E-state index in [1.807, 2.05) is 4.90 Å². The predicted molar refractivity (Wildman–Crippen MR) is 103 cm³/mol. The molecule has 142 valence electrons. The van der Waals surface area contributed by atoms with Crippen LogP contribution >= 0.6 is 12.4 Å². The summed E-state index contributed by atoms with van der Waals surface area (Å²) >= 11 is 0. The molecular formula is C18H29ClN2O3S. The third-order valence-electron chi connectivity index (χ3n) is 4.53. The van der Waals surface area contributed by atoms with E-state index in [1.165, 1.54) is 0 Å². The van der Waals surface area contributed by atoms with Gasteiger partial charge in [-0.3, -0.25) is 4.79 Å². The van der Waals surface area contributed by atoms with Crippen molar-refractivity contribution in [2.45, 2.75) is 56.2 Å². The minimum Gasteiger partial charge on any atom is -0.336 e. The Kier molecular flexibility index (Phi) is 8.38. The molecule has 1 N–H and O–H groups in total. The van der Waals surface area contributed by atoms with Gasteiger partial charge in [0.1, 0.15) is 0 Å². The van der Waals surface area contributed by atoms with Crippen LogP contribution in [0.15, 0.2) is 29.2 Å². The number of carbonyl (C=O) groups is 1. The number of amides is 1. The van der Waals surface area contributed by atoms with Crippen molar-refractivity contribution in [1.29, 1.82) is 0 Å². The lowest BCUT2D eigenvalue weighted by Crippen LogP contribution is -2.46. The van der Waals surface area contributed by atoms with Gasteiger partial charge in [-0.1, -0.05) is 6.92 Å². The van der Waals surface area contributed by atoms with Gasteiger partial charge in [-0.25, -0.2) is 8.42 Å². The summed E-state index contributed by atoms with van der Waals surface area (Å²) in [5.74, 6) is -0.00255. The third-order valence-corrected chi connectivity index (χ3v) is 6.70. The van der Waals surface area contributed by atoms with Gasteiger partial charge in [0.2, 0.25) is 0 Å². The standard InChI is InChI=1S/C18H28N2O3S.ClH/c1-4-13-20(16-9-11-19-12-10-16)18(21)15-5-7-17(8-6-15)24(22,23)14(2)3;/h5-8,14,16,19H,4,9-13H2,1-3H3;1H. The molecule has 0 atom stereocenters. The first-order valence-electron chi connectivity index (χ1n) is 8.73. The van der Waals surface area contributed by atoms with Crippen LogP contribution in [0.1, 0.15) is 50.4 Å². The molecule has 1 saturated heterocycles. The van der Waals surface area contributed by atoms with Crippen LogP contribution < -0.4 is 5.32 Å². The number of nitrogens with zero attached hydrogens (tertiary/aromatic N) is 1. The number of hydrogen-bond donors (Lipinski definition) is 1. The minimum absolute atomic E-state index is 0. The highest BCUT2D eigenvalue weighted by Gasteiger charge is 2.26. The summed E-state index contributed by atoms with van der Waals surface area (Å²) in [5.41, 5.74) is 0.560. The second-order valence-corrected chi connectivity index (χ2v) is 9.10. The second kappa shape index (κ2) is 9.55. The Hall–Kier alpha value is -1.11. The molecule has 0 bridgehead atoms. The fourth-order valence-electron chi connectivity index (χ4n) is 3.03. The number of carbonyl (C=O) groups excluding carboxylic acids is 1. The third kappa shape index (κ3) is 5.19. The zero-order chi connectivity index (χ0) is 17.7. The topological polar surface area (TPSA) is 66.5 Å². The molecule has 0 aromatic heterocycles. The summed E-state index contributed by atoms with van der Waals surface area (Å²) in [6, 6.07) is 6.64. The van der Waals surface area contributed by atoms with E-state index in [2.05, 4.69) is 12.2 Å². The van der Waals surface area contributed by atoms with E-state index in [9.17, 15) is 13.2 Å². The first-order valence-corrected chi connectivity index (χ1v) is 10.3. The van der Waals surface area contributed by atoms with Gasteiger partial charge < -0.3 is 10.2 Å². The Labute approximate surface area is 157 Å². The van der Waals surface area contributed by atoms with Crippen molar-refractivity contribution in [2.75, 3.05) is 19.6 Å². The van der Waals surface area contributed by atoms with Crippen LogP contribution in [0.5, 0.6) is 0 Å². The van der Waals surface area contributed by atoms with Gasteiger partial charge in [-0.2, -0.15) is 0 Å². The van der Waals surface area contributed by atoms with Crippen LogP contribution in [0.4, 0.5) is 0 Å². The lowest BCUT2D eigenvalue weighted by atomic mass is 10.0. The van der Waals surface area contributed by atoms with Crippen molar-refractivity contribution >= 4 is 28.2 Å². The van der Waals surface area contributed by atoms with E-state index in [-0.39, 0.29) is 29.3 Å². The average Bonchev–Trinajstić information content (AvgIpc) is 2.60. The fraction of sp³-hybridized carbons (Fsp3) is 0.611. The Balaban J connectivity index is 0.00000312. The highest BCUT2D eigenvalue weighted by Crippen LogP contribution is 2.20. The van der Waals surface area contributed by atoms with Gasteiger partial charge in [0.25, 0.3) is 5.91 Å². The minimum atomic E-state index is -3.30. The van der Waals surface area contributed by atoms with Crippen LogP contribution in [-0.2, 0) is 9.84 Å². The van der Waals surface area contributed by atoms with Gasteiger partial charge in [-0.15, -0.1) is 12.4 Å². The summed E-state index contributed by atoms with van der Waals surface area (Å²) in [4.78, 5) is 15.1. The number of sulfone groups is 1. The van der Waals surface area contributed by atoms with Crippen molar-refractivity contribution in [1.82, 2.24) is 10.2 Å². The van der Waals surface area contributed by atoms with E-state index in [1.54, 1.807) is 38.1 Å². The number of hydrogen-bond acceptors (Lipinski definition) is 4. The van der Waals surface area contributed by atoms with Gasteiger partial charge in [-0.05, 0) is 70.5 Å². The van der Waals surface area contributed by atoms with E-state index in [0.717, 1.165) is 38.9 Å². The highest BCUT2D eigenvalue weighted by atomic mass is 35.5. The van der Waals surface area contributed by atoms with Gasteiger partial charge in [0, 0.05) is 18.2 Å². The van der Waals surface area contributed by atoms with Gasteiger partial charge in [0.05, 0.1) is 10.1 Å². The fourth-order valence-corrected chi connectivity index (χ4v) is 4.09. The first kappa shape index (κ1) is 21.9. The number of piperidine rings is 1. The summed E-state index contributed by atoms with van der Waals surface area (Å²) < 4.78 is 24.4. The molecule has 1 aromatic rings. The maximum Gasteiger partial charge on any atom is 0.254 e. The quantitative estimate of drug-likeness (QED) is 0.813. The summed E-state index contributed by atoms with van der Waals surface area (Å²) in [5, 5.41) is 2.85. The van der Waals surface area contributed by atoms with Crippen molar-refractivity contribution in [2.24, 2.45) is 0 Å². The molecule has 0 saturated carbocycles. The van der Waals surface area contributed by atoms with Crippen LogP contribution in [0, 0.1) is 0 Å². The average molecular weight is 389 g/mol. The Morgan fingerprint density at radius 3 is 2.24 bits per heavy atom.